The summed E-state index contributed by atoms with van der Waals surface area (Å²) in [6, 6.07) is 0. The molecule has 0 atom stereocenters. The Bertz CT molecular complexity index is 518. The zero-order valence-electron chi connectivity index (χ0n) is 8.83. The van der Waals surface area contributed by atoms with E-state index in [-0.39, 0.29) is 15.8 Å². The lowest BCUT2D eigenvalue weighted by atomic mass is 9.72. The Hall–Kier alpha value is -1.29. The Labute approximate surface area is 101 Å². The van der Waals surface area contributed by atoms with E-state index in [9.17, 15) is 14.4 Å². The molecule has 0 spiro atoms. The van der Waals surface area contributed by atoms with Gasteiger partial charge in [-0.05, 0) is 22.0 Å². The zero-order valence-corrected chi connectivity index (χ0v) is 10.4. The zero-order chi connectivity index (χ0) is 12.1. The first-order valence-electron chi connectivity index (χ1n) is 4.79. The fraction of sp³-hybridized carbons (Fsp3) is 0.250. The van der Waals surface area contributed by atoms with Crippen LogP contribution in [-0.4, -0.2) is 17.3 Å². The largest absolute Gasteiger partial charge is 0.290 e. The lowest BCUT2D eigenvalue weighted by Crippen LogP contribution is -2.32. The Morgan fingerprint density at radius 2 is 1.75 bits per heavy atom. The van der Waals surface area contributed by atoms with E-state index in [4.69, 9.17) is 0 Å². The highest BCUT2D eigenvalue weighted by Crippen LogP contribution is 2.39. The van der Waals surface area contributed by atoms with Crippen molar-refractivity contribution < 1.29 is 14.4 Å². The Morgan fingerprint density at radius 3 is 2.38 bits per heavy atom. The van der Waals surface area contributed by atoms with Crippen molar-refractivity contribution >= 4 is 33.3 Å². The monoisotopic (exact) mass is 280 g/mol. The molecule has 3 nitrogen and oxygen atoms in total. The van der Waals surface area contributed by atoms with Crippen molar-refractivity contribution in [1.29, 1.82) is 0 Å². The predicted octanol–water partition coefficient (Wildman–Crippen LogP) is 1.88. The Balaban J connectivity index is 2.70. The lowest BCUT2D eigenvalue weighted by Gasteiger charge is -2.29. The maximum atomic E-state index is 11.8. The van der Waals surface area contributed by atoms with Gasteiger partial charge in [0.1, 0.15) is 0 Å². The van der Waals surface area contributed by atoms with Gasteiger partial charge >= 0.3 is 0 Å². The first-order valence-corrected chi connectivity index (χ1v) is 5.58. The number of hydrogen-bond donors (Lipinski definition) is 0. The van der Waals surface area contributed by atoms with Crippen LogP contribution in [0.25, 0.3) is 0 Å². The summed E-state index contributed by atoms with van der Waals surface area (Å²) >= 11 is 3.00. The molecule has 0 heterocycles. The minimum absolute atomic E-state index is 0.00637. The summed E-state index contributed by atoms with van der Waals surface area (Å²) < 4.78 is 0.149. The Morgan fingerprint density at radius 1 is 1.12 bits per heavy atom. The molecule has 0 aromatic heterocycles. The molecule has 16 heavy (non-hydrogen) atoms. The first-order chi connectivity index (χ1) is 7.34. The van der Waals surface area contributed by atoms with E-state index in [1.54, 1.807) is 6.08 Å². The van der Waals surface area contributed by atoms with E-state index in [1.165, 1.54) is 12.2 Å². The smallest absolute Gasteiger partial charge is 0.204 e. The summed E-state index contributed by atoms with van der Waals surface area (Å²) in [6.07, 6.45) is 4.25. The van der Waals surface area contributed by atoms with Gasteiger partial charge in [0.2, 0.25) is 5.78 Å². The Kier molecular flexibility index (Phi) is 2.35. The number of Topliss-reactive ketones (excluding diaryl/α,β-unsaturated/α-hetero) is 1. The molecule has 2 aliphatic rings. The third-order valence-electron chi connectivity index (χ3n) is 2.74. The molecule has 0 saturated carbocycles. The molecule has 0 fully saturated rings. The molecule has 0 aromatic rings. The molecule has 2 aliphatic carbocycles. The summed E-state index contributed by atoms with van der Waals surface area (Å²) in [5.74, 6) is -1.07. The maximum absolute atomic E-state index is 11.8. The summed E-state index contributed by atoms with van der Waals surface area (Å²) in [7, 11) is 0. The van der Waals surface area contributed by atoms with Crippen molar-refractivity contribution in [3.63, 3.8) is 0 Å². The second-order valence-corrected chi connectivity index (χ2v) is 5.21. The van der Waals surface area contributed by atoms with Crippen LogP contribution in [0.3, 0.4) is 0 Å². The maximum Gasteiger partial charge on any atom is 0.204 e. The van der Waals surface area contributed by atoms with Gasteiger partial charge in [-0.25, -0.2) is 0 Å². The standard InChI is InChI=1S/C12H9BrO3/c1-12(2)4-3-7(14)9-10(12)8(15)5-6(13)11(9)16/h3-5H,1-2H3. The highest BCUT2D eigenvalue weighted by atomic mass is 79.9. The molecular formula is C12H9BrO3. The van der Waals surface area contributed by atoms with Crippen LogP contribution in [0.2, 0.25) is 0 Å². The van der Waals surface area contributed by atoms with Crippen LogP contribution in [-0.2, 0) is 14.4 Å². The van der Waals surface area contributed by atoms with Crippen molar-refractivity contribution in [2.75, 3.05) is 0 Å². The second kappa shape index (κ2) is 3.35. The highest BCUT2D eigenvalue weighted by molar-refractivity contribution is 9.12. The predicted molar refractivity (Wildman–Crippen MR) is 62.0 cm³/mol. The van der Waals surface area contributed by atoms with Gasteiger partial charge in [-0.15, -0.1) is 0 Å². The summed E-state index contributed by atoms with van der Waals surface area (Å²) in [5, 5.41) is 0. The highest BCUT2D eigenvalue weighted by Gasteiger charge is 2.40. The summed E-state index contributed by atoms with van der Waals surface area (Å²) in [5.41, 5.74) is -0.264. The number of halogens is 1. The topological polar surface area (TPSA) is 51.2 Å². The average molecular weight is 281 g/mol. The van der Waals surface area contributed by atoms with Crippen LogP contribution in [0, 0.1) is 5.41 Å². The lowest BCUT2D eigenvalue weighted by molar-refractivity contribution is -0.120. The fourth-order valence-corrected chi connectivity index (χ4v) is 2.34. The summed E-state index contributed by atoms with van der Waals surface area (Å²) in [4.78, 5) is 35.3. The van der Waals surface area contributed by atoms with Gasteiger partial charge in [0.05, 0.1) is 10.1 Å². The van der Waals surface area contributed by atoms with Gasteiger partial charge < -0.3 is 0 Å². The second-order valence-electron chi connectivity index (χ2n) is 4.35. The van der Waals surface area contributed by atoms with E-state index in [0.717, 1.165) is 0 Å². The minimum atomic E-state index is -0.569. The van der Waals surface area contributed by atoms with Gasteiger partial charge in [-0.2, -0.15) is 0 Å². The molecule has 0 bridgehead atoms. The van der Waals surface area contributed by atoms with Gasteiger partial charge in [0.25, 0.3) is 0 Å². The quantitative estimate of drug-likeness (QED) is 0.503. The minimum Gasteiger partial charge on any atom is -0.290 e. The average Bonchev–Trinajstić information content (AvgIpc) is 2.18. The van der Waals surface area contributed by atoms with Crippen molar-refractivity contribution in [2.45, 2.75) is 13.8 Å². The van der Waals surface area contributed by atoms with Gasteiger partial charge in [0, 0.05) is 17.1 Å². The van der Waals surface area contributed by atoms with Gasteiger partial charge in [0.15, 0.2) is 11.6 Å². The molecule has 82 valence electrons. The molecule has 0 N–H and O–H groups in total. The first kappa shape index (κ1) is 11.2. The van der Waals surface area contributed by atoms with Crippen molar-refractivity contribution in [1.82, 2.24) is 0 Å². The third kappa shape index (κ3) is 1.45. The van der Waals surface area contributed by atoms with Gasteiger partial charge in [-0.1, -0.05) is 19.9 Å². The van der Waals surface area contributed by atoms with Crippen molar-refractivity contribution in [3.8, 4) is 0 Å². The van der Waals surface area contributed by atoms with E-state index in [0.29, 0.717) is 5.57 Å². The van der Waals surface area contributed by atoms with E-state index >= 15 is 0 Å². The number of carbonyl (C=O) groups is 3. The molecule has 0 aliphatic heterocycles. The number of rotatable bonds is 0. The van der Waals surface area contributed by atoms with Crippen molar-refractivity contribution in [3.05, 3.63) is 33.9 Å². The SMILES string of the molecule is CC1(C)C=CC(=O)C2=C1C(=O)C=C(Br)C2=O. The molecule has 0 radical (unpaired) electrons. The van der Waals surface area contributed by atoms with Crippen LogP contribution < -0.4 is 0 Å². The van der Waals surface area contributed by atoms with Crippen LogP contribution in [0.15, 0.2) is 33.9 Å². The molecule has 0 aromatic carbocycles. The number of carbonyl (C=O) groups excluding carboxylic acids is 3. The third-order valence-corrected chi connectivity index (χ3v) is 3.33. The van der Waals surface area contributed by atoms with Crippen molar-refractivity contribution in [2.24, 2.45) is 5.41 Å². The van der Waals surface area contributed by atoms with Gasteiger partial charge in [-0.3, -0.25) is 14.4 Å². The van der Waals surface area contributed by atoms with Crippen LogP contribution in [0.4, 0.5) is 0 Å². The molecule has 0 saturated heterocycles. The number of allylic oxidation sites excluding steroid dienone is 6. The number of hydrogen-bond acceptors (Lipinski definition) is 3. The molecular weight excluding hydrogens is 272 g/mol. The molecule has 0 unspecified atom stereocenters. The molecule has 4 heteroatoms. The molecule has 2 rings (SSSR count). The fourth-order valence-electron chi connectivity index (χ4n) is 1.93. The van der Waals surface area contributed by atoms with Crippen LogP contribution in [0.5, 0.6) is 0 Å². The van der Waals surface area contributed by atoms with E-state index in [2.05, 4.69) is 15.9 Å². The molecule has 0 amide bonds. The van der Waals surface area contributed by atoms with Crippen LogP contribution >= 0.6 is 15.9 Å². The van der Waals surface area contributed by atoms with E-state index in [1.807, 2.05) is 13.8 Å². The summed E-state index contributed by atoms with van der Waals surface area (Å²) in [6.45, 7) is 3.62. The number of ketones is 3. The van der Waals surface area contributed by atoms with E-state index < -0.39 is 17.0 Å². The normalized spacial score (nSPS) is 23.4. The van der Waals surface area contributed by atoms with Crippen LogP contribution in [0.1, 0.15) is 13.8 Å².